The van der Waals surface area contributed by atoms with Crippen LogP contribution in [-0.2, 0) is 9.53 Å². The van der Waals surface area contributed by atoms with E-state index in [-0.39, 0.29) is 17.9 Å². The average molecular weight is 404 g/mol. The van der Waals surface area contributed by atoms with Gasteiger partial charge in [-0.3, -0.25) is 0 Å². The maximum Gasteiger partial charge on any atom is 0.365 e. The summed E-state index contributed by atoms with van der Waals surface area (Å²) < 4.78 is 36.4. The SMILES string of the molecule is COc1ccc(O[C@H]2CCC[C@H]([NH3+])C(=O)O[C@@H](C)[C@@H]2Oc2ccc(F)cc2)cc1. The molecule has 29 heavy (non-hydrogen) atoms. The van der Waals surface area contributed by atoms with Crippen LogP contribution in [0.1, 0.15) is 26.2 Å². The van der Waals surface area contributed by atoms with E-state index in [1.807, 2.05) is 24.3 Å². The maximum atomic E-state index is 13.3. The summed E-state index contributed by atoms with van der Waals surface area (Å²) in [6.07, 6.45) is 0.485. The van der Waals surface area contributed by atoms with Crippen LogP contribution in [0.3, 0.4) is 0 Å². The molecule has 1 heterocycles. The second kappa shape index (κ2) is 9.60. The van der Waals surface area contributed by atoms with E-state index in [0.717, 1.165) is 12.2 Å². The van der Waals surface area contributed by atoms with Gasteiger partial charge in [0.25, 0.3) is 0 Å². The van der Waals surface area contributed by atoms with Gasteiger partial charge in [0, 0.05) is 6.42 Å². The molecular formula is C22H27FNO5+. The number of methoxy groups -OCH3 is 1. The van der Waals surface area contributed by atoms with E-state index in [2.05, 4.69) is 5.73 Å². The summed E-state index contributed by atoms with van der Waals surface area (Å²) in [6, 6.07) is 12.6. The Balaban J connectivity index is 1.85. The molecule has 0 aliphatic carbocycles. The van der Waals surface area contributed by atoms with Crippen LogP contribution in [0.2, 0.25) is 0 Å². The predicted octanol–water partition coefficient (Wildman–Crippen LogP) is 2.76. The van der Waals surface area contributed by atoms with Gasteiger partial charge in [0.1, 0.15) is 35.3 Å². The molecule has 0 spiro atoms. The van der Waals surface area contributed by atoms with Gasteiger partial charge in [0.15, 0.2) is 12.1 Å². The standard InChI is InChI=1S/C22H26FNO5/c1-14-21(29-18-8-6-15(23)7-9-18)20(5-3-4-19(24)22(25)27-14)28-17-12-10-16(26-2)11-13-17/h6-14,19-21H,3-5,24H2,1-2H3/p+1/t14-,19-,20-,21-/m0/s1. The maximum absolute atomic E-state index is 13.3. The molecule has 7 heteroatoms. The highest BCUT2D eigenvalue weighted by Crippen LogP contribution is 2.26. The lowest BCUT2D eigenvalue weighted by molar-refractivity contribution is -0.410. The Morgan fingerprint density at radius 3 is 2.21 bits per heavy atom. The Kier molecular flexibility index (Phi) is 6.93. The van der Waals surface area contributed by atoms with E-state index in [0.29, 0.717) is 24.3 Å². The van der Waals surface area contributed by atoms with Crippen molar-refractivity contribution >= 4 is 5.97 Å². The van der Waals surface area contributed by atoms with Crippen LogP contribution >= 0.6 is 0 Å². The number of halogens is 1. The Labute approximate surface area is 169 Å². The van der Waals surface area contributed by atoms with E-state index in [4.69, 9.17) is 18.9 Å². The fourth-order valence-corrected chi connectivity index (χ4v) is 3.29. The van der Waals surface area contributed by atoms with E-state index >= 15 is 0 Å². The van der Waals surface area contributed by atoms with Crippen molar-refractivity contribution in [2.45, 2.75) is 50.5 Å². The molecule has 1 saturated heterocycles. The third-order valence-corrected chi connectivity index (χ3v) is 4.94. The van der Waals surface area contributed by atoms with E-state index in [1.54, 1.807) is 26.2 Å². The molecule has 156 valence electrons. The molecule has 4 atom stereocenters. The normalized spacial score (nSPS) is 25.2. The summed E-state index contributed by atoms with van der Waals surface area (Å²) >= 11 is 0. The van der Waals surface area contributed by atoms with Crippen molar-refractivity contribution in [3.05, 3.63) is 54.3 Å². The number of benzene rings is 2. The number of hydrogen-bond donors (Lipinski definition) is 1. The van der Waals surface area contributed by atoms with Crippen LogP contribution in [0.4, 0.5) is 4.39 Å². The second-order valence-electron chi connectivity index (χ2n) is 7.14. The minimum Gasteiger partial charge on any atom is -0.497 e. The highest BCUT2D eigenvalue weighted by Gasteiger charge is 2.36. The molecule has 0 radical (unpaired) electrons. The van der Waals surface area contributed by atoms with Gasteiger partial charge in [-0.15, -0.1) is 0 Å². The molecule has 0 saturated carbocycles. The lowest BCUT2D eigenvalue weighted by Crippen LogP contribution is -2.65. The number of ether oxygens (including phenoxy) is 4. The first kappa shape index (κ1) is 20.9. The van der Waals surface area contributed by atoms with Crippen molar-refractivity contribution in [2.75, 3.05) is 7.11 Å². The number of esters is 1. The van der Waals surface area contributed by atoms with Crippen molar-refractivity contribution in [3.63, 3.8) is 0 Å². The average Bonchev–Trinajstić information content (AvgIpc) is 2.76. The molecule has 2 aromatic rings. The molecule has 1 aliphatic heterocycles. The number of rotatable bonds is 5. The highest BCUT2D eigenvalue weighted by atomic mass is 19.1. The third-order valence-electron chi connectivity index (χ3n) is 4.94. The number of cyclic esters (lactones) is 1. The number of carbonyl (C=O) groups excluding carboxylic acids is 1. The van der Waals surface area contributed by atoms with Crippen molar-refractivity contribution in [1.82, 2.24) is 0 Å². The molecule has 1 aliphatic rings. The fourth-order valence-electron chi connectivity index (χ4n) is 3.29. The number of hydrogen-bond acceptors (Lipinski definition) is 5. The second-order valence-corrected chi connectivity index (χ2v) is 7.14. The van der Waals surface area contributed by atoms with Gasteiger partial charge in [-0.05, 0) is 68.3 Å². The van der Waals surface area contributed by atoms with Crippen molar-refractivity contribution in [1.29, 1.82) is 0 Å². The van der Waals surface area contributed by atoms with Gasteiger partial charge in [-0.1, -0.05) is 0 Å². The Morgan fingerprint density at radius 1 is 0.966 bits per heavy atom. The zero-order valence-corrected chi connectivity index (χ0v) is 16.7. The monoisotopic (exact) mass is 404 g/mol. The number of carbonyl (C=O) groups is 1. The fraction of sp³-hybridized carbons (Fsp3) is 0.409. The van der Waals surface area contributed by atoms with Crippen molar-refractivity contribution in [2.24, 2.45) is 0 Å². The Bertz CT molecular complexity index is 796. The summed E-state index contributed by atoms with van der Waals surface area (Å²) in [5, 5.41) is 0. The largest absolute Gasteiger partial charge is 0.497 e. The number of quaternary nitrogens is 1. The summed E-state index contributed by atoms with van der Waals surface area (Å²) in [7, 11) is 1.60. The molecule has 3 rings (SSSR count). The molecule has 2 aromatic carbocycles. The van der Waals surface area contributed by atoms with Crippen molar-refractivity contribution in [3.8, 4) is 17.2 Å². The Hall–Kier alpha value is -2.80. The lowest BCUT2D eigenvalue weighted by atomic mass is 10.0. The lowest BCUT2D eigenvalue weighted by Gasteiger charge is -2.31. The van der Waals surface area contributed by atoms with E-state index in [1.165, 1.54) is 12.1 Å². The van der Waals surface area contributed by atoms with E-state index in [9.17, 15) is 9.18 Å². The van der Waals surface area contributed by atoms with Crippen LogP contribution in [0.25, 0.3) is 0 Å². The smallest absolute Gasteiger partial charge is 0.365 e. The first-order valence-electron chi connectivity index (χ1n) is 9.73. The summed E-state index contributed by atoms with van der Waals surface area (Å²) in [6.45, 7) is 1.77. The van der Waals surface area contributed by atoms with Gasteiger partial charge in [0.2, 0.25) is 0 Å². The first-order valence-corrected chi connectivity index (χ1v) is 9.73. The van der Waals surface area contributed by atoms with Crippen LogP contribution < -0.4 is 19.9 Å². The topological polar surface area (TPSA) is 81.6 Å². The zero-order valence-electron chi connectivity index (χ0n) is 16.7. The minimum atomic E-state index is -0.572. The zero-order chi connectivity index (χ0) is 20.8. The predicted molar refractivity (Wildman–Crippen MR) is 104 cm³/mol. The van der Waals surface area contributed by atoms with Gasteiger partial charge in [-0.25, -0.2) is 9.18 Å². The van der Waals surface area contributed by atoms with Gasteiger partial charge in [-0.2, -0.15) is 0 Å². The molecular weight excluding hydrogens is 377 g/mol. The molecule has 1 fully saturated rings. The molecule has 0 bridgehead atoms. The van der Waals surface area contributed by atoms with Crippen LogP contribution in [0.15, 0.2) is 48.5 Å². The molecule has 0 unspecified atom stereocenters. The quantitative estimate of drug-likeness (QED) is 0.775. The first-order chi connectivity index (χ1) is 14.0. The van der Waals surface area contributed by atoms with Crippen molar-refractivity contribution < 1.29 is 33.9 Å². The summed E-state index contributed by atoms with van der Waals surface area (Å²) in [5.74, 6) is 1.17. The Morgan fingerprint density at radius 2 is 1.55 bits per heavy atom. The van der Waals surface area contributed by atoms with Gasteiger partial charge in [0.05, 0.1) is 7.11 Å². The molecule has 3 N–H and O–H groups in total. The third kappa shape index (κ3) is 5.60. The highest BCUT2D eigenvalue weighted by molar-refractivity contribution is 5.74. The van der Waals surface area contributed by atoms with Crippen LogP contribution in [0, 0.1) is 5.82 Å². The minimum absolute atomic E-state index is 0.350. The molecule has 0 amide bonds. The summed E-state index contributed by atoms with van der Waals surface area (Å²) in [4.78, 5) is 12.3. The van der Waals surface area contributed by atoms with Gasteiger partial charge >= 0.3 is 5.97 Å². The summed E-state index contributed by atoms with van der Waals surface area (Å²) in [5.41, 5.74) is 3.89. The van der Waals surface area contributed by atoms with E-state index < -0.39 is 18.2 Å². The molecule has 0 aromatic heterocycles. The van der Waals surface area contributed by atoms with Gasteiger partial charge < -0.3 is 24.7 Å². The molecule has 6 nitrogen and oxygen atoms in total. The van der Waals surface area contributed by atoms with Crippen LogP contribution in [0.5, 0.6) is 17.2 Å². The van der Waals surface area contributed by atoms with Crippen LogP contribution in [-0.4, -0.2) is 37.4 Å².